The Kier molecular flexibility index (Phi) is 5.55. The van der Waals surface area contributed by atoms with E-state index in [0.717, 1.165) is 25.9 Å². The number of amides is 1. The Hall–Kier alpha value is -3.72. The van der Waals surface area contributed by atoms with Crippen LogP contribution in [0.1, 0.15) is 34.8 Å². The van der Waals surface area contributed by atoms with Gasteiger partial charge in [-0.25, -0.2) is 9.82 Å². The molecule has 0 radical (unpaired) electrons. The van der Waals surface area contributed by atoms with E-state index in [1.54, 1.807) is 30.5 Å². The number of piperazine rings is 1. The summed E-state index contributed by atoms with van der Waals surface area (Å²) in [4.78, 5) is 27.9. The summed E-state index contributed by atoms with van der Waals surface area (Å²) in [5.41, 5.74) is 3.23. The van der Waals surface area contributed by atoms with Crippen LogP contribution in [0.2, 0.25) is 0 Å². The quantitative estimate of drug-likeness (QED) is 0.410. The maximum atomic E-state index is 15.0. The van der Waals surface area contributed by atoms with E-state index in [0.29, 0.717) is 29.9 Å². The average molecular weight is 449 g/mol. The fourth-order valence-corrected chi connectivity index (χ4v) is 4.14. The zero-order valence-electron chi connectivity index (χ0n) is 17.9. The second-order valence-electron chi connectivity index (χ2n) is 8.33. The van der Waals surface area contributed by atoms with Crippen LogP contribution in [0.25, 0.3) is 10.9 Å². The second kappa shape index (κ2) is 8.67. The fraction of sp³-hybridized carbons (Fsp3) is 0.292. The van der Waals surface area contributed by atoms with Crippen molar-refractivity contribution in [2.24, 2.45) is 5.10 Å². The summed E-state index contributed by atoms with van der Waals surface area (Å²) >= 11 is 0. The molecular formula is C24H24FN5O3. The maximum Gasteiger partial charge on any atom is 0.276 e. The molecule has 0 unspecified atom stereocenters. The molecular weight excluding hydrogens is 425 g/mol. The Morgan fingerprint density at radius 3 is 2.70 bits per heavy atom. The first kappa shape index (κ1) is 21.1. The maximum absolute atomic E-state index is 15.0. The number of nitrogens with one attached hydrogen (secondary N) is 2. The van der Waals surface area contributed by atoms with Crippen LogP contribution in [0.5, 0.6) is 5.75 Å². The minimum atomic E-state index is -0.686. The molecule has 1 saturated heterocycles. The zero-order valence-corrected chi connectivity index (χ0v) is 17.9. The van der Waals surface area contributed by atoms with Crippen molar-refractivity contribution in [3.63, 3.8) is 0 Å². The van der Waals surface area contributed by atoms with Gasteiger partial charge in [-0.05, 0) is 37.1 Å². The largest absolute Gasteiger partial charge is 0.507 e. The van der Waals surface area contributed by atoms with Gasteiger partial charge in [-0.2, -0.15) is 5.10 Å². The first-order valence-electron chi connectivity index (χ1n) is 11.0. The summed E-state index contributed by atoms with van der Waals surface area (Å²) in [6.07, 6.45) is 4.72. The van der Waals surface area contributed by atoms with Crippen LogP contribution in [-0.4, -0.2) is 48.0 Å². The number of pyridine rings is 1. The number of aromatic hydroxyl groups is 1. The smallest absolute Gasteiger partial charge is 0.276 e. The Morgan fingerprint density at radius 1 is 1.21 bits per heavy atom. The zero-order chi connectivity index (χ0) is 22.9. The van der Waals surface area contributed by atoms with Crippen molar-refractivity contribution in [1.82, 2.24) is 15.3 Å². The molecule has 33 heavy (non-hydrogen) atoms. The molecule has 1 aromatic heterocycles. The Labute approximate surface area is 189 Å². The molecule has 1 saturated carbocycles. The van der Waals surface area contributed by atoms with Crippen LogP contribution in [0.15, 0.2) is 52.5 Å². The predicted octanol–water partition coefficient (Wildman–Crippen LogP) is 2.35. The normalized spacial score (nSPS) is 16.5. The van der Waals surface area contributed by atoms with E-state index in [4.69, 9.17) is 0 Å². The number of benzene rings is 2. The van der Waals surface area contributed by atoms with Crippen molar-refractivity contribution in [1.29, 1.82) is 0 Å². The Balaban J connectivity index is 1.51. The highest BCUT2D eigenvalue weighted by molar-refractivity contribution is 5.98. The number of anilines is 1. The van der Waals surface area contributed by atoms with Crippen LogP contribution < -0.4 is 21.1 Å². The summed E-state index contributed by atoms with van der Waals surface area (Å²) in [5.74, 6) is -1.14. The molecule has 2 aromatic carbocycles. The van der Waals surface area contributed by atoms with Gasteiger partial charge in [0.05, 0.1) is 17.4 Å². The SMILES string of the molecule is O=C(N/N=C/c1ccccc1O)c1cn(C2CC2)c2cc(N3CCNCC3)c(F)cc2c1=O. The first-order chi connectivity index (χ1) is 16.0. The number of rotatable bonds is 5. The van der Waals surface area contributed by atoms with Crippen molar-refractivity contribution in [3.8, 4) is 5.75 Å². The van der Waals surface area contributed by atoms with Crippen LogP contribution >= 0.6 is 0 Å². The molecule has 2 aliphatic rings. The predicted molar refractivity (Wildman–Crippen MR) is 125 cm³/mol. The molecule has 8 nitrogen and oxygen atoms in total. The van der Waals surface area contributed by atoms with E-state index in [-0.39, 0.29) is 22.7 Å². The van der Waals surface area contributed by atoms with Crippen LogP contribution in [-0.2, 0) is 0 Å². The molecule has 2 fully saturated rings. The number of hydrogen-bond acceptors (Lipinski definition) is 6. The van der Waals surface area contributed by atoms with Crippen molar-refractivity contribution >= 4 is 28.7 Å². The topological polar surface area (TPSA) is 99.0 Å². The first-order valence-corrected chi connectivity index (χ1v) is 11.0. The number of carbonyl (C=O) groups is 1. The molecule has 0 atom stereocenters. The number of phenols is 1. The number of fused-ring (bicyclic) bond motifs is 1. The molecule has 1 aliphatic heterocycles. The summed E-state index contributed by atoms with van der Waals surface area (Å²) in [6, 6.07) is 9.69. The minimum Gasteiger partial charge on any atom is -0.507 e. The van der Waals surface area contributed by atoms with Crippen molar-refractivity contribution in [2.45, 2.75) is 18.9 Å². The van der Waals surface area contributed by atoms with Crippen LogP contribution in [0, 0.1) is 5.82 Å². The van der Waals surface area contributed by atoms with Gasteiger partial charge >= 0.3 is 0 Å². The minimum absolute atomic E-state index is 0.0214. The molecule has 9 heteroatoms. The lowest BCUT2D eigenvalue weighted by atomic mass is 10.1. The number of carbonyl (C=O) groups excluding carboxylic acids is 1. The molecule has 1 amide bonds. The molecule has 170 valence electrons. The fourth-order valence-electron chi connectivity index (χ4n) is 4.14. The van der Waals surface area contributed by atoms with E-state index >= 15 is 4.39 Å². The van der Waals surface area contributed by atoms with Gasteiger partial charge in [0.15, 0.2) is 0 Å². The number of para-hydroxylation sites is 1. The molecule has 2 heterocycles. The van der Waals surface area contributed by atoms with Gasteiger partial charge in [0.25, 0.3) is 5.91 Å². The highest BCUT2D eigenvalue weighted by Crippen LogP contribution is 2.38. The Bertz CT molecular complexity index is 1310. The number of hydrazone groups is 1. The lowest BCUT2D eigenvalue weighted by Crippen LogP contribution is -2.43. The van der Waals surface area contributed by atoms with Crippen molar-refractivity contribution < 1.29 is 14.3 Å². The van der Waals surface area contributed by atoms with Gasteiger partial charge in [0.2, 0.25) is 5.43 Å². The van der Waals surface area contributed by atoms with E-state index in [1.807, 2.05) is 9.47 Å². The lowest BCUT2D eigenvalue weighted by molar-refractivity contribution is 0.0953. The molecule has 5 rings (SSSR count). The van der Waals surface area contributed by atoms with E-state index in [1.165, 1.54) is 18.3 Å². The van der Waals surface area contributed by atoms with Gasteiger partial charge in [-0.3, -0.25) is 9.59 Å². The highest BCUT2D eigenvalue weighted by atomic mass is 19.1. The third kappa shape index (κ3) is 4.19. The summed E-state index contributed by atoms with van der Waals surface area (Å²) in [5, 5.41) is 17.1. The van der Waals surface area contributed by atoms with Crippen molar-refractivity contribution in [3.05, 3.63) is 69.8 Å². The average Bonchev–Trinajstić information content (AvgIpc) is 3.66. The summed E-state index contributed by atoms with van der Waals surface area (Å²) < 4.78 is 16.9. The van der Waals surface area contributed by atoms with Crippen LogP contribution in [0.3, 0.4) is 0 Å². The number of nitrogens with zero attached hydrogens (tertiary/aromatic N) is 3. The number of hydrogen-bond donors (Lipinski definition) is 3. The van der Waals surface area contributed by atoms with Crippen molar-refractivity contribution in [2.75, 3.05) is 31.1 Å². The third-order valence-corrected chi connectivity index (χ3v) is 6.05. The summed E-state index contributed by atoms with van der Waals surface area (Å²) in [7, 11) is 0. The van der Waals surface area contributed by atoms with E-state index in [9.17, 15) is 14.7 Å². The number of aromatic nitrogens is 1. The molecule has 1 aliphatic carbocycles. The van der Waals surface area contributed by atoms with E-state index < -0.39 is 17.2 Å². The van der Waals surface area contributed by atoms with Gasteiger partial charge in [-0.15, -0.1) is 0 Å². The molecule has 0 spiro atoms. The van der Waals surface area contributed by atoms with Crippen LogP contribution in [0.4, 0.5) is 10.1 Å². The van der Waals surface area contributed by atoms with Gasteiger partial charge in [0, 0.05) is 49.4 Å². The lowest BCUT2D eigenvalue weighted by Gasteiger charge is -2.30. The van der Waals surface area contributed by atoms with E-state index in [2.05, 4.69) is 15.8 Å². The highest BCUT2D eigenvalue weighted by Gasteiger charge is 2.28. The summed E-state index contributed by atoms with van der Waals surface area (Å²) in [6.45, 7) is 2.91. The molecule has 3 aromatic rings. The van der Waals surface area contributed by atoms with Gasteiger partial charge in [-0.1, -0.05) is 12.1 Å². The second-order valence-corrected chi connectivity index (χ2v) is 8.33. The molecule has 3 N–H and O–H groups in total. The standard InChI is InChI=1S/C24H24FN5O3/c25-19-11-17-20(12-21(19)29-9-7-26-8-10-29)30(16-5-6-16)14-18(23(17)32)24(33)28-27-13-15-3-1-2-4-22(15)31/h1-4,11-14,16,26,31H,5-10H2,(H,28,33)/b27-13+. The van der Waals surface area contributed by atoms with Gasteiger partial charge < -0.3 is 19.9 Å². The third-order valence-electron chi connectivity index (χ3n) is 6.05. The number of phenolic OH excluding ortho intramolecular Hbond substituents is 1. The molecule has 0 bridgehead atoms. The number of halogens is 1. The monoisotopic (exact) mass is 449 g/mol. The van der Waals surface area contributed by atoms with Gasteiger partial charge in [0.1, 0.15) is 17.1 Å². The Morgan fingerprint density at radius 2 is 1.97 bits per heavy atom.